The third kappa shape index (κ3) is 12.1. The van der Waals surface area contributed by atoms with Crippen molar-refractivity contribution in [1.82, 2.24) is 5.32 Å². The smallest absolute Gasteiger partial charge is 0.0244 e. The number of hydrogen-bond acceptors (Lipinski definition) is 2. The number of nitrogens with one attached hydrogen (secondary N) is 1. The van der Waals surface area contributed by atoms with Gasteiger partial charge in [0, 0.05) is 22.8 Å². The van der Waals surface area contributed by atoms with Crippen LogP contribution in [0.2, 0.25) is 0 Å². The Kier molecular flexibility index (Phi) is 10.3. The van der Waals surface area contributed by atoms with E-state index in [1.165, 1.54) is 25.7 Å². The highest BCUT2D eigenvalue weighted by atomic mass is 32.2. The van der Waals surface area contributed by atoms with Gasteiger partial charge in [0.15, 0.2) is 0 Å². The molecule has 13 heavy (non-hydrogen) atoms. The lowest BCUT2D eigenvalue weighted by Gasteiger charge is -2.02. The second kappa shape index (κ2) is 10.2. The van der Waals surface area contributed by atoms with Crippen molar-refractivity contribution < 1.29 is 4.21 Å². The van der Waals surface area contributed by atoms with Crippen molar-refractivity contribution in [3.8, 4) is 0 Å². The molecule has 80 valence electrons. The van der Waals surface area contributed by atoms with Crippen molar-refractivity contribution in [2.24, 2.45) is 0 Å². The lowest BCUT2D eigenvalue weighted by Crippen LogP contribution is -2.18. The van der Waals surface area contributed by atoms with Gasteiger partial charge in [-0.2, -0.15) is 0 Å². The molecular weight excluding hydrogens is 182 g/mol. The van der Waals surface area contributed by atoms with Crippen molar-refractivity contribution in [3.63, 3.8) is 0 Å². The molecule has 2 nitrogen and oxygen atoms in total. The molecule has 0 amide bonds. The maximum atomic E-state index is 10.7. The van der Waals surface area contributed by atoms with Crippen molar-refractivity contribution in [2.45, 2.75) is 39.0 Å². The topological polar surface area (TPSA) is 29.1 Å². The molecular formula is C10H23NOS. The standard InChI is InChI=1S/C10H23NOS/c1-3-4-5-6-8-11-9-7-10-13(2)12/h11H,3-10H2,1-2H3. The van der Waals surface area contributed by atoms with Gasteiger partial charge in [-0.15, -0.1) is 0 Å². The first-order valence-corrected chi connectivity index (χ1v) is 7.00. The number of unbranched alkanes of at least 4 members (excludes halogenated alkanes) is 3. The van der Waals surface area contributed by atoms with E-state index < -0.39 is 10.8 Å². The zero-order chi connectivity index (χ0) is 9.94. The van der Waals surface area contributed by atoms with Crippen molar-refractivity contribution in [3.05, 3.63) is 0 Å². The zero-order valence-electron chi connectivity index (χ0n) is 8.97. The summed E-state index contributed by atoms with van der Waals surface area (Å²) in [5, 5.41) is 3.37. The van der Waals surface area contributed by atoms with Crippen LogP contribution in [-0.4, -0.2) is 29.3 Å². The molecule has 1 N–H and O–H groups in total. The summed E-state index contributed by atoms with van der Waals surface area (Å²) >= 11 is 0. The molecule has 0 aliphatic heterocycles. The highest BCUT2D eigenvalue weighted by molar-refractivity contribution is 7.84. The molecule has 0 aromatic carbocycles. The van der Waals surface area contributed by atoms with Crippen LogP contribution in [0.1, 0.15) is 39.0 Å². The Labute approximate surface area is 84.9 Å². The molecule has 0 aliphatic rings. The monoisotopic (exact) mass is 205 g/mol. The van der Waals surface area contributed by atoms with Gasteiger partial charge in [0.05, 0.1) is 0 Å². The van der Waals surface area contributed by atoms with Gasteiger partial charge in [0.2, 0.25) is 0 Å². The average molecular weight is 205 g/mol. The van der Waals surface area contributed by atoms with E-state index in [1.54, 1.807) is 6.26 Å². The molecule has 0 aromatic heterocycles. The molecule has 0 saturated heterocycles. The van der Waals surface area contributed by atoms with E-state index in [9.17, 15) is 4.21 Å². The highest BCUT2D eigenvalue weighted by Crippen LogP contribution is 1.96. The van der Waals surface area contributed by atoms with Crippen LogP contribution >= 0.6 is 0 Å². The summed E-state index contributed by atoms with van der Waals surface area (Å²) in [5.74, 6) is 0.835. The van der Waals surface area contributed by atoms with Crippen molar-refractivity contribution >= 4 is 10.8 Å². The molecule has 3 heteroatoms. The van der Waals surface area contributed by atoms with Gasteiger partial charge in [0.25, 0.3) is 0 Å². The van der Waals surface area contributed by atoms with E-state index in [-0.39, 0.29) is 0 Å². The van der Waals surface area contributed by atoms with Crippen molar-refractivity contribution in [2.75, 3.05) is 25.1 Å². The first-order valence-electron chi connectivity index (χ1n) is 5.28. The molecule has 0 aromatic rings. The van der Waals surface area contributed by atoms with Crippen LogP contribution in [0.3, 0.4) is 0 Å². The van der Waals surface area contributed by atoms with Crippen molar-refractivity contribution in [1.29, 1.82) is 0 Å². The third-order valence-corrected chi connectivity index (χ3v) is 2.86. The molecule has 0 aliphatic carbocycles. The molecule has 0 radical (unpaired) electrons. The van der Waals surface area contributed by atoms with Gasteiger partial charge in [-0.05, 0) is 25.9 Å². The quantitative estimate of drug-likeness (QED) is 0.583. The Morgan fingerprint density at radius 3 is 2.38 bits per heavy atom. The zero-order valence-corrected chi connectivity index (χ0v) is 9.79. The fraction of sp³-hybridized carbons (Fsp3) is 1.00. The second-order valence-electron chi connectivity index (χ2n) is 3.44. The molecule has 0 rings (SSSR count). The van der Waals surface area contributed by atoms with Crippen LogP contribution in [0.4, 0.5) is 0 Å². The number of hydrogen-bond donors (Lipinski definition) is 1. The minimum Gasteiger partial charge on any atom is -0.317 e. The Bertz CT molecular complexity index is 128. The Balaban J connectivity index is 2.87. The van der Waals surface area contributed by atoms with Crippen LogP contribution in [-0.2, 0) is 10.8 Å². The summed E-state index contributed by atoms with van der Waals surface area (Å²) in [4.78, 5) is 0. The summed E-state index contributed by atoms with van der Waals surface area (Å²) in [6, 6.07) is 0. The minimum atomic E-state index is -0.616. The van der Waals surface area contributed by atoms with E-state index in [0.717, 1.165) is 25.3 Å². The van der Waals surface area contributed by atoms with E-state index in [0.29, 0.717) is 0 Å². The second-order valence-corrected chi connectivity index (χ2v) is 5.00. The molecule has 1 atom stereocenters. The molecule has 0 spiro atoms. The fourth-order valence-electron chi connectivity index (χ4n) is 1.20. The summed E-state index contributed by atoms with van der Waals surface area (Å²) in [7, 11) is -0.616. The maximum absolute atomic E-state index is 10.7. The summed E-state index contributed by atoms with van der Waals surface area (Å²) in [6.07, 6.45) is 8.07. The number of rotatable bonds is 9. The third-order valence-electron chi connectivity index (χ3n) is 1.99. The van der Waals surface area contributed by atoms with Crippen LogP contribution < -0.4 is 5.32 Å². The van der Waals surface area contributed by atoms with E-state index in [2.05, 4.69) is 12.2 Å². The van der Waals surface area contributed by atoms with E-state index in [4.69, 9.17) is 0 Å². The van der Waals surface area contributed by atoms with E-state index in [1.807, 2.05) is 0 Å². The predicted octanol–water partition coefficient (Wildman–Crippen LogP) is 1.92. The molecule has 0 heterocycles. The summed E-state index contributed by atoms with van der Waals surface area (Å²) < 4.78 is 10.7. The van der Waals surface area contributed by atoms with Crippen LogP contribution in [0.15, 0.2) is 0 Å². The van der Waals surface area contributed by atoms with Gasteiger partial charge in [-0.1, -0.05) is 26.2 Å². The molecule has 0 bridgehead atoms. The Morgan fingerprint density at radius 1 is 1.08 bits per heavy atom. The largest absolute Gasteiger partial charge is 0.317 e. The van der Waals surface area contributed by atoms with Crippen LogP contribution in [0.25, 0.3) is 0 Å². The fourth-order valence-corrected chi connectivity index (χ4v) is 1.75. The first kappa shape index (κ1) is 13.1. The van der Waals surface area contributed by atoms with Gasteiger partial charge in [-0.3, -0.25) is 4.21 Å². The first-order chi connectivity index (χ1) is 6.27. The van der Waals surface area contributed by atoms with Gasteiger partial charge < -0.3 is 5.32 Å². The maximum Gasteiger partial charge on any atom is 0.0244 e. The van der Waals surface area contributed by atoms with E-state index >= 15 is 0 Å². The summed E-state index contributed by atoms with van der Waals surface area (Å²) in [5.41, 5.74) is 0. The lowest BCUT2D eigenvalue weighted by molar-refractivity contribution is 0.594. The Hall–Kier alpha value is 0.110. The lowest BCUT2D eigenvalue weighted by atomic mass is 10.2. The Morgan fingerprint density at radius 2 is 1.77 bits per heavy atom. The van der Waals surface area contributed by atoms with Gasteiger partial charge in [0.1, 0.15) is 0 Å². The SMILES string of the molecule is CCCCCCNCCCS(C)=O. The van der Waals surface area contributed by atoms with Gasteiger partial charge in [-0.25, -0.2) is 0 Å². The van der Waals surface area contributed by atoms with Crippen LogP contribution in [0, 0.1) is 0 Å². The molecule has 0 saturated carbocycles. The molecule has 1 unspecified atom stereocenters. The normalized spacial score (nSPS) is 13.1. The summed E-state index contributed by atoms with van der Waals surface area (Å²) in [6.45, 7) is 4.37. The average Bonchev–Trinajstić information content (AvgIpc) is 2.09. The minimum absolute atomic E-state index is 0.616. The van der Waals surface area contributed by atoms with Crippen LogP contribution in [0.5, 0.6) is 0 Å². The molecule has 0 fully saturated rings. The van der Waals surface area contributed by atoms with Gasteiger partial charge >= 0.3 is 0 Å². The predicted molar refractivity (Wildman–Crippen MR) is 60.6 cm³/mol. The highest BCUT2D eigenvalue weighted by Gasteiger charge is 1.91.